The molecule has 132 valence electrons. The second-order valence-corrected chi connectivity index (χ2v) is 5.64. The summed E-state index contributed by atoms with van der Waals surface area (Å²) in [5, 5.41) is 8.39. The van der Waals surface area contributed by atoms with Gasteiger partial charge in [0.05, 0.1) is 17.2 Å². The average Bonchev–Trinajstić information content (AvgIpc) is 2.61. The summed E-state index contributed by atoms with van der Waals surface area (Å²) in [5.41, 5.74) is 1.84. The zero-order valence-corrected chi connectivity index (χ0v) is 14.6. The molecule has 25 heavy (non-hydrogen) atoms. The van der Waals surface area contributed by atoms with Gasteiger partial charge in [0.2, 0.25) is 0 Å². The summed E-state index contributed by atoms with van der Waals surface area (Å²) in [7, 11) is 1.56. The number of rotatable bonds is 7. The molecule has 3 amide bonds. The van der Waals surface area contributed by atoms with Crippen LogP contribution in [0.3, 0.4) is 0 Å². The number of urea groups is 1. The number of nitrogens with one attached hydrogen (secondary N) is 3. The summed E-state index contributed by atoms with van der Waals surface area (Å²) in [5.74, 6) is -0.290. The molecule has 0 saturated heterocycles. The molecule has 3 N–H and O–H groups in total. The number of hydrogen-bond donors (Lipinski definition) is 3. The van der Waals surface area contributed by atoms with Crippen molar-refractivity contribution in [1.29, 1.82) is 0 Å². The van der Waals surface area contributed by atoms with Gasteiger partial charge in [-0.1, -0.05) is 41.9 Å². The molecule has 0 aromatic heterocycles. The molecule has 2 rings (SSSR count). The Bertz CT molecular complexity index is 723. The normalized spacial score (nSPS) is 10.2. The van der Waals surface area contributed by atoms with E-state index in [0.29, 0.717) is 30.9 Å². The maximum atomic E-state index is 12.0. The monoisotopic (exact) mass is 361 g/mol. The van der Waals surface area contributed by atoms with Gasteiger partial charge >= 0.3 is 6.03 Å². The van der Waals surface area contributed by atoms with Crippen LogP contribution >= 0.6 is 11.6 Å². The minimum atomic E-state index is -0.350. The van der Waals surface area contributed by atoms with E-state index in [1.807, 2.05) is 30.3 Å². The number of anilines is 1. The Morgan fingerprint density at radius 3 is 2.52 bits per heavy atom. The Hall–Kier alpha value is -2.57. The van der Waals surface area contributed by atoms with Crippen LogP contribution in [0.25, 0.3) is 0 Å². The molecular formula is C18H20ClN3O3. The summed E-state index contributed by atoms with van der Waals surface area (Å²) in [6.45, 7) is 1.23. The van der Waals surface area contributed by atoms with Crippen LogP contribution in [-0.2, 0) is 11.3 Å². The Morgan fingerprint density at radius 1 is 1.08 bits per heavy atom. The molecule has 2 aromatic rings. The molecule has 0 spiro atoms. The number of amides is 3. The smallest absolute Gasteiger partial charge is 0.319 e. The van der Waals surface area contributed by atoms with E-state index in [0.717, 1.165) is 5.56 Å². The fraction of sp³-hybridized carbons (Fsp3) is 0.222. The van der Waals surface area contributed by atoms with Crippen molar-refractivity contribution in [2.45, 2.75) is 6.54 Å². The van der Waals surface area contributed by atoms with Gasteiger partial charge in [-0.2, -0.15) is 0 Å². The zero-order valence-electron chi connectivity index (χ0n) is 13.8. The number of ether oxygens (including phenoxy) is 1. The van der Waals surface area contributed by atoms with Crippen LogP contribution in [0.1, 0.15) is 15.9 Å². The lowest BCUT2D eigenvalue weighted by atomic mass is 10.2. The molecule has 0 radical (unpaired) electrons. The van der Waals surface area contributed by atoms with Crippen LogP contribution in [0.2, 0.25) is 5.02 Å². The van der Waals surface area contributed by atoms with E-state index in [1.54, 1.807) is 19.2 Å². The second kappa shape index (κ2) is 9.66. The van der Waals surface area contributed by atoms with Crippen LogP contribution in [0, 0.1) is 0 Å². The Kier molecular flexibility index (Phi) is 7.25. The van der Waals surface area contributed by atoms with Gasteiger partial charge in [0.25, 0.3) is 5.91 Å². The van der Waals surface area contributed by atoms with Crippen molar-refractivity contribution >= 4 is 29.2 Å². The van der Waals surface area contributed by atoms with E-state index >= 15 is 0 Å². The first kappa shape index (κ1) is 18.8. The zero-order chi connectivity index (χ0) is 18.1. The topological polar surface area (TPSA) is 79.5 Å². The van der Waals surface area contributed by atoms with E-state index in [2.05, 4.69) is 16.0 Å². The number of halogens is 1. The quantitative estimate of drug-likeness (QED) is 0.663. The fourth-order valence-corrected chi connectivity index (χ4v) is 2.36. The van der Waals surface area contributed by atoms with Gasteiger partial charge in [-0.3, -0.25) is 4.79 Å². The van der Waals surface area contributed by atoms with E-state index in [-0.39, 0.29) is 17.0 Å². The number of carbonyl (C=O) groups excluding carboxylic acids is 2. The minimum Gasteiger partial charge on any atom is -0.383 e. The highest BCUT2D eigenvalue weighted by Crippen LogP contribution is 2.21. The van der Waals surface area contributed by atoms with Gasteiger partial charge in [0, 0.05) is 25.9 Å². The summed E-state index contributed by atoms with van der Waals surface area (Å²) < 4.78 is 4.87. The first-order valence-electron chi connectivity index (χ1n) is 7.75. The van der Waals surface area contributed by atoms with Gasteiger partial charge in [-0.25, -0.2) is 4.79 Å². The second-order valence-electron chi connectivity index (χ2n) is 5.24. The van der Waals surface area contributed by atoms with Crippen molar-refractivity contribution in [2.24, 2.45) is 0 Å². The van der Waals surface area contributed by atoms with Crippen LogP contribution in [0.15, 0.2) is 48.5 Å². The third-order valence-electron chi connectivity index (χ3n) is 3.36. The molecule has 7 heteroatoms. The Labute approximate surface area is 151 Å². The molecular weight excluding hydrogens is 342 g/mol. The molecule has 0 bridgehead atoms. The third-order valence-corrected chi connectivity index (χ3v) is 3.67. The molecule has 2 aromatic carbocycles. The van der Waals surface area contributed by atoms with Crippen molar-refractivity contribution in [3.8, 4) is 0 Å². The highest BCUT2D eigenvalue weighted by Gasteiger charge is 2.11. The summed E-state index contributed by atoms with van der Waals surface area (Å²) >= 11 is 6.13. The van der Waals surface area contributed by atoms with E-state index in [1.165, 1.54) is 6.07 Å². The number of methoxy groups -OCH3 is 1. The molecule has 0 aliphatic rings. The predicted molar refractivity (Wildman–Crippen MR) is 98.0 cm³/mol. The van der Waals surface area contributed by atoms with Crippen molar-refractivity contribution in [3.63, 3.8) is 0 Å². The van der Waals surface area contributed by atoms with Gasteiger partial charge in [0.15, 0.2) is 0 Å². The summed E-state index contributed by atoms with van der Waals surface area (Å²) in [4.78, 5) is 23.9. The van der Waals surface area contributed by atoms with E-state index in [4.69, 9.17) is 16.3 Å². The maximum Gasteiger partial charge on any atom is 0.319 e. The molecule has 0 atom stereocenters. The first-order chi connectivity index (χ1) is 12.1. The molecule has 0 aliphatic carbocycles. The van der Waals surface area contributed by atoms with Gasteiger partial charge in [-0.05, 0) is 23.8 Å². The van der Waals surface area contributed by atoms with E-state index in [9.17, 15) is 9.59 Å². The number of benzene rings is 2. The first-order valence-corrected chi connectivity index (χ1v) is 8.13. The molecule has 0 unspecified atom stereocenters. The largest absolute Gasteiger partial charge is 0.383 e. The van der Waals surface area contributed by atoms with Crippen molar-refractivity contribution in [3.05, 3.63) is 64.7 Å². The van der Waals surface area contributed by atoms with E-state index < -0.39 is 0 Å². The predicted octanol–water partition coefficient (Wildman–Crippen LogP) is 3.04. The van der Waals surface area contributed by atoms with Crippen LogP contribution in [0.5, 0.6) is 0 Å². The van der Waals surface area contributed by atoms with Gasteiger partial charge < -0.3 is 20.7 Å². The van der Waals surface area contributed by atoms with Gasteiger partial charge in [-0.15, -0.1) is 0 Å². The molecule has 0 fully saturated rings. The van der Waals surface area contributed by atoms with Crippen LogP contribution in [-0.4, -0.2) is 32.2 Å². The molecule has 6 nitrogen and oxygen atoms in total. The highest BCUT2D eigenvalue weighted by molar-refractivity contribution is 6.34. The maximum absolute atomic E-state index is 12.0. The molecule has 0 aliphatic heterocycles. The van der Waals surface area contributed by atoms with Crippen molar-refractivity contribution in [2.75, 3.05) is 25.6 Å². The van der Waals surface area contributed by atoms with Crippen molar-refractivity contribution < 1.29 is 14.3 Å². The van der Waals surface area contributed by atoms with Crippen molar-refractivity contribution in [1.82, 2.24) is 10.6 Å². The van der Waals surface area contributed by atoms with Gasteiger partial charge in [0.1, 0.15) is 0 Å². The summed E-state index contributed by atoms with van der Waals surface area (Å²) in [6, 6.07) is 14.0. The lowest BCUT2D eigenvalue weighted by molar-refractivity contribution is 0.0937. The number of carbonyl (C=O) groups is 2. The fourth-order valence-electron chi connectivity index (χ4n) is 2.09. The lowest BCUT2D eigenvalue weighted by Crippen LogP contribution is -2.28. The summed E-state index contributed by atoms with van der Waals surface area (Å²) in [6.07, 6.45) is 0. The SMILES string of the molecule is COCCNC(=O)c1ccc(NC(=O)NCc2ccccc2)cc1Cl. The lowest BCUT2D eigenvalue weighted by Gasteiger charge is -2.10. The Balaban J connectivity index is 1.89. The Morgan fingerprint density at radius 2 is 1.84 bits per heavy atom. The average molecular weight is 362 g/mol. The molecule has 0 saturated carbocycles. The van der Waals surface area contributed by atoms with Crippen LogP contribution in [0.4, 0.5) is 10.5 Å². The standard InChI is InChI=1S/C18H20ClN3O3/c1-25-10-9-20-17(23)15-8-7-14(11-16(15)19)22-18(24)21-12-13-5-3-2-4-6-13/h2-8,11H,9-10,12H2,1H3,(H,20,23)(H2,21,22,24). The minimum absolute atomic E-state index is 0.260. The highest BCUT2D eigenvalue weighted by atomic mass is 35.5. The third kappa shape index (κ3) is 6.10. The molecule has 0 heterocycles. The van der Waals surface area contributed by atoms with Crippen LogP contribution < -0.4 is 16.0 Å². The number of hydrogen-bond acceptors (Lipinski definition) is 3.